The molecule has 3 aromatic rings. The Morgan fingerprint density at radius 3 is 2.86 bits per heavy atom. The van der Waals surface area contributed by atoms with Crippen molar-refractivity contribution in [3.05, 3.63) is 64.3 Å². The molecule has 1 aliphatic rings. The Bertz CT molecular complexity index is 1090. The Kier molecular flexibility index (Phi) is 5.33. The molecule has 29 heavy (non-hydrogen) atoms. The van der Waals surface area contributed by atoms with Crippen molar-refractivity contribution < 1.29 is 9.59 Å². The molecule has 1 atom stereocenters. The highest BCUT2D eigenvalue weighted by Gasteiger charge is 2.34. The van der Waals surface area contributed by atoms with Gasteiger partial charge < -0.3 is 15.2 Å². The Hall–Kier alpha value is -2.79. The third kappa shape index (κ3) is 4.15. The van der Waals surface area contributed by atoms with E-state index < -0.39 is 0 Å². The lowest BCUT2D eigenvalue weighted by atomic mass is 10.1. The van der Waals surface area contributed by atoms with Crippen molar-refractivity contribution in [2.45, 2.75) is 26.7 Å². The first-order chi connectivity index (χ1) is 13.9. The number of benzene rings is 2. The zero-order valence-corrected chi connectivity index (χ0v) is 17.3. The Labute approximate surface area is 175 Å². The van der Waals surface area contributed by atoms with Crippen LogP contribution in [0.1, 0.15) is 23.1 Å². The quantitative estimate of drug-likeness (QED) is 0.653. The van der Waals surface area contributed by atoms with E-state index in [0.717, 1.165) is 39.7 Å². The lowest BCUT2D eigenvalue weighted by molar-refractivity contribution is -0.128. The number of nitrogens with one attached hydrogen (secondary N) is 2. The predicted molar refractivity (Wildman–Crippen MR) is 116 cm³/mol. The first kappa shape index (κ1) is 19.5. The van der Waals surface area contributed by atoms with Crippen LogP contribution in [0.5, 0.6) is 0 Å². The maximum atomic E-state index is 12.7. The van der Waals surface area contributed by atoms with Gasteiger partial charge >= 0.3 is 0 Å². The molecule has 1 aromatic heterocycles. The summed E-state index contributed by atoms with van der Waals surface area (Å²) in [5.41, 5.74) is 5.14. The van der Waals surface area contributed by atoms with Crippen LogP contribution in [0, 0.1) is 19.8 Å². The Morgan fingerprint density at radius 1 is 1.24 bits per heavy atom. The summed E-state index contributed by atoms with van der Waals surface area (Å²) in [5.74, 6) is -0.379. The normalized spacial score (nSPS) is 16.6. The molecular formula is C23H24ClN3O2. The van der Waals surface area contributed by atoms with Gasteiger partial charge in [-0.05, 0) is 55.7 Å². The number of halogens is 1. The third-order valence-electron chi connectivity index (χ3n) is 5.61. The van der Waals surface area contributed by atoms with Crippen LogP contribution in [0.3, 0.4) is 0 Å². The standard InChI is InChI=1S/C23H24ClN3O2/c1-14-3-5-20(15(2)9-14)26-23(29)17-10-22(28)27(13-17)8-7-16-12-25-21-6-4-18(24)11-19(16)21/h3-6,9,11-12,17,25H,7-8,10,13H2,1-2H3,(H,26,29). The molecule has 1 aliphatic heterocycles. The summed E-state index contributed by atoms with van der Waals surface area (Å²) in [5, 5.41) is 4.75. The molecule has 6 heteroatoms. The van der Waals surface area contributed by atoms with Crippen LogP contribution in [0.25, 0.3) is 10.9 Å². The maximum absolute atomic E-state index is 12.7. The van der Waals surface area contributed by atoms with Gasteiger partial charge in [-0.1, -0.05) is 29.3 Å². The molecule has 1 unspecified atom stereocenters. The fourth-order valence-electron chi connectivity index (χ4n) is 3.97. The molecular weight excluding hydrogens is 386 g/mol. The van der Waals surface area contributed by atoms with Crippen LogP contribution < -0.4 is 5.32 Å². The highest BCUT2D eigenvalue weighted by molar-refractivity contribution is 6.31. The molecule has 2 N–H and O–H groups in total. The number of fused-ring (bicyclic) bond motifs is 1. The van der Waals surface area contributed by atoms with Crippen LogP contribution in [-0.4, -0.2) is 34.8 Å². The summed E-state index contributed by atoms with van der Waals surface area (Å²) in [4.78, 5) is 30.2. The number of amides is 2. The van der Waals surface area contributed by atoms with Gasteiger partial charge in [-0.2, -0.15) is 0 Å². The number of hydrogen-bond acceptors (Lipinski definition) is 2. The fourth-order valence-corrected chi connectivity index (χ4v) is 4.14. The van der Waals surface area contributed by atoms with Gasteiger partial charge in [0.05, 0.1) is 5.92 Å². The number of aryl methyl sites for hydroxylation is 2. The summed E-state index contributed by atoms with van der Waals surface area (Å²) in [6, 6.07) is 11.7. The molecule has 0 spiro atoms. The van der Waals surface area contributed by atoms with Gasteiger partial charge in [0.25, 0.3) is 0 Å². The molecule has 0 bridgehead atoms. The number of aromatic amines is 1. The van der Waals surface area contributed by atoms with Crippen LogP contribution in [0.15, 0.2) is 42.6 Å². The number of anilines is 1. The molecule has 5 nitrogen and oxygen atoms in total. The van der Waals surface area contributed by atoms with Crippen molar-refractivity contribution >= 4 is 40.0 Å². The number of hydrogen-bond donors (Lipinski definition) is 2. The van der Waals surface area contributed by atoms with Crippen molar-refractivity contribution in [3.63, 3.8) is 0 Å². The molecule has 1 saturated heterocycles. The number of nitrogens with zero attached hydrogens (tertiary/aromatic N) is 1. The van der Waals surface area contributed by atoms with E-state index in [1.54, 1.807) is 4.90 Å². The number of rotatable bonds is 5. The van der Waals surface area contributed by atoms with Crippen LogP contribution in [0.4, 0.5) is 5.69 Å². The zero-order chi connectivity index (χ0) is 20.5. The Morgan fingerprint density at radius 2 is 2.07 bits per heavy atom. The summed E-state index contributed by atoms with van der Waals surface area (Å²) in [6.45, 7) is 5.04. The second kappa shape index (κ2) is 7.91. The number of carbonyl (C=O) groups excluding carboxylic acids is 2. The van der Waals surface area contributed by atoms with E-state index in [4.69, 9.17) is 11.6 Å². The van der Waals surface area contributed by atoms with Gasteiger partial charge in [-0.3, -0.25) is 9.59 Å². The third-order valence-corrected chi connectivity index (χ3v) is 5.84. The van der Waals surface area contributed by atoms with Crippen molar-refractivity contribution in [3.8, 4) is 0 Å². The number of carbonyl (C=O) groups is 2. The van der Waals surface area contributed by atoms with E-state index in [0.29, 0.717) is 18.1 Å². The van der Waals surface area contributed by atoms with Gasteiger partial charge in [-0.25, -0.2) is 0 Å². The minimum atomic E-state index is -0.319. The second-order valence-electron chi connectivity index (χ2n) is 7.80. The number of aromatic nitrogens is 1. The lowest BCUT2D eigenvalue weighted by Crippen LogP contribution is -2.30. The van der Waals surface area contributed by atoms with Gasteiger partial charge in [-0.15, -0.1) is 0 Å². The SMILES string of the molecule is Cc1ccc(NC(=O)C2CC(=O)N(CCc3c[nH]c4ccc(Cl)cc34)C2)c(C)c1. The predicted octanol–water partition coefficient (Wildman–Crippen LogP) is 4.47. The first-order valence-corrected chi connectivity index (χ1v) is 10.2. The van der Waals surface area contributed by atoms with E-state index in [1.165, 1.54) is 0 Å². The molecule has 2 aromatic carbocycles. The molecule has 150 valence electrons. The highest BCUT2D eigenvalue weighted by Crippen LogP contribution is 2.25. The van der Waals surface area contributed by atoms with Crippen molar-refractivity contribution in [2.75, 3.05) is 18.4 Å². The topological polar surface area (TPSA) is 65.2 Å². The molecule has 0 aliphatic carbocycles. The van der Waals surface area contributed by atoms with Crippen molar-refractivity contribution in [2.24, 2.45) is 5.92 Å². The van der Waals surface area contributed by atoms with E-state index in [9.17, 15) is 9.59 Å². The van der Waals surface area contributed by atoms with E-state index >= 15 is 0 Å². The minimum absolute atomic E-state index is 0.0312. The van der Waals surface area contributed by atoms with Crippen LogP contribution in [0.2, 0.25) is 5.02 Å². The second-order valence-corrected chi connectivity index (χ2v) is 8.24. The van der Waals surface area contributed by atoms with E-state index in [1.807, 2.05) is 56.4 Å². The average molecular weight is 410 g/mol. The summed E-state index contributed by atoms with van der Waals surface area (Å²) in [7, 11) is 0. The van der Waals surface area contributed by atoms with Gasteiger partial charge in [0, 0.05) is 47.3 Å². The smallest absolute Gasteiger partial charge is 0.229 e. The largest absolute Gasteiger partial charge is 0.361 e. The van der Waals surface area contributed by atoms with Crippen molar-refractivity contribution in [1.82, 2.24) is 9.88 Å². The fraction of sp³-hybridized carbons (Fsp3) is 0.304. The maximum Gasteiger partial charge on any atom is 0.229 e. The number of likely N-dealkylation sites (tertiary alicyclic amines) is 1. The van der Waals surface area contributed by atoms with Crippen molar-refractivity contribution in [1.29, 1.82) is 0 Å². The summed E-state index contributed by atoms with van der Waals surface area (Å²) >= 11 is 6.12. The van der Waals surface area contributed by atoms with Gasteiger partial charge in [0.15, 0.2) is 0 Å². The average Bonchev–Trinajstić information content (AvgIpc) is 3.25. The van der Waals surface area contributed by atoms with Gasteiger partial charge in [0.1, 0.15) is 0 Å². The molecule has 2 amide bonds. The summed E-state index contributed by atoms with van der Waals surface area (Å²) in [6.07, 6.45) is 2.94. The monoisotopic (exact) mass is 409 g/mol. The molecule has 0 saturated carbocycles. The van der Waals surface area contributed by atoms with Crippen LogP contribution >= 0.6 is 11.6 Å². The molecule has 0 radical (unpaired) electrons. The summed E-state index contributed by atoms with van der Waals surface area (Å²) < 4.78 is 0. The molecule has 4 rings (SSSR count). The molecule has 1 fully saturated rings. The van der Waals surface area contributed by atoms with Crippen LogP contribution in [-0.2, 0) is 16.0 Å². The Balaban J connectivity index is 1.38. The lowest BCUT2D eigenvalue weighted by Gasteiger charge is -2.17. The highest BCUT2D eigenvalue weighted by atomic mass is 35.5. The first-order valence-electron chi connectivity index (χ1n) is 9.82. The van der Waals surface area contributed by atoms with E-state index in [2.05, 4.69) is 10.3 Å². The minimum Gasteiger partial charge on any atom is -0.361 e. The van der Waals surface area contributed by atoms with E-state index in [-0.39, 0.29) is 24.2 Å². The van der Waals surface area contributed by atoms with Gasteiger partial charge in [0.2, 0.25) is 11.8 Å². The zero-order valence-electron chi connectivity index (χ0n) is 16.6. The molecule has 2 heterocycles. The number of H-pyrrole nitrogens is 1.